The predicted molar refractivity (Wildman–Crippen MR) is 122 cm³/mol. The van der Waals surface area contributed by atoms with Crippen molar-refractivity contribution in [3.8, 4) is 5.75 Å². The maximum atomic E-state index is 13.6. The highest BCUT2D eigenvalue weighted by atomic mass is 35.5. The van der Waals surface area contributed by atoms with Crippen LogP contribution in [0.3, 0.4) is 0 Å². The number of aryl methyl sites for hydroxylation is 1. The summed E-state index contributed by atoms with van der Waals surface area (Å²) in [5, 5.41) is 2.17. The molecule has 3 aromatic rings. The van der Waals surface area contributed by atoms with E-state index in [1.165, 1.54) is 4.90 Å². The van der Waals surface area contributed by atoms with E-state index in [1.807, 2.05) is 61.5 Å². The molecule has 32 heavy (non-hydrogen) atoms. The van der Waals surface area contributed by atoms with Gasteiger partial charge in [0.25, 0.3) is 5.91 Å². The van der Waals surface area contributed by atoms with Gasteiger partial charge in [-0.05, 0) is 54.4 Å². The van der Waals surface area contributed by atoms with Gasteiger partial charge in [-0.15, -0.1) is 0 Å². The molecule has 2 amide bonds. The summed E-state index contributed by atoms with van der Waals surface area (Å²) in [5.74, 6) is -0.673. The van der Waals surface area contributed by atoms with E-state index < -0.39 is 24.0 Å². The van der Waals surface area contributed by atoms with Gasteiger partial charge in [0.2, 0.25) is 5.91 Å². The Morgan fingerprint density at radius 2 is 1.59 bits per heavy atom. The second-order valence-electron chi connectivity index (χ2n) is 7.88. The van der Waals surface area contributed by atoms with Crippen molar-refractivity contribution < 1.29 is 19.2 Å². The topological polar surface area (TPSA) is 59.1 Å². The van der Waals surface area contributed by atoms with E-state index in [2.05, 4.69) is 0 Å². The van der Waals surface area contributed by atoms with Crippen LogP contribution in [0.15, 0.2) is 72.8 Å². The minimum absolute atomic E-state index is 0.301. The number of rotatable bonds is 4. The zero-order chi connectivity index (χ0) is 22.4. The predicted octanol–water partition coefficient (Wildman–Crippen LogP) is 4.71. The number of hydrogen-bond donors (Lipinski definition) is 0. The van der Waals surface area contributed by atoms with Crippen molar-refractivity contribution in [3.63, 3.8) is 0 Å². The van der Waals surface area contributed by atoms with Crippen LogP contribution in [-0.2, 0) is 14.4 Å². The second kappa shape index (κ2) is 7.97. The van der Waals surface area contributed by atoms with Crippen LogP contribution in [0.25, 0.3) is 0 Å². The Bertz CT molecular complexity index is 1180. The first-order valence-electron chi connectivity index (χ1n) is 10.3. The van der Waals surface area contributed by atoms with E-state index in [-0.39, 0.29) is 5.91 Å². The molecule has 0 saturated carbocycles. The lowest BCUT2D eigenvalue weighted by molar-refractivity contribution is -0.126. The Labute approximate surface area is 190 Å². The molecule has 0 radical (unpaired) electrons. The number of ether oxygens (including phenoxy) is 1. The van der Waals surface area contributed by atoms with E-state index in [1.54, 1.807) is 30.4 Å². The molecule has 2 aliphatic rings. The van der Waals surface area contributed by atoms with Crippen LogP contribution in [0.1, 0.15) is 17.2 Å². The Hall–Kier alpha value is -3.35. The van der Waals surface area contributed by atoms with Gasteiger partial charge in [0.15, 0.2) is 6.10 Å². The third kappa shape index (κ3) is 3.23. The maximum Gasteiger partial charge on any atom is 0.266 e. The molecule has 162 valence electrons. The third-order valence-electron chi connectivity index (χ3n) is 6.00. The molecule has 2 fully saturated rings. The number of carbonyl (C=O) groups excluding carboxylic acids is 2. The second-order valence-corrected chi connectivity index (χ2v) is 8.28. The number of benzene rings is 3. The molecule has 6 nitrogen and oxygen atoms in total. The van der Waals surface area contributed by atoms with Gasteiger partial charge < -0.3 is 4.74 Å². The zero-order valence-electron chi connectivity index (χ0n) is 17.6. The van der Waals surface area contributed by atoms with Gasteiger partial charge in [-0.2, -0.15) is 0 Å². The molecule has 0 aromatic heterocycles. The van der Waals surface area contributed by atoms with E-state index in [0.717, 1.165) is 16.8 Å². The summed E-state index contributed by atoms with van der Waals surface area (Å²) in [4.78, 5) is 34.3. The summed E-state index contributed by atoms with van der Waals surface area (Å²) in [6.45, 7) is 1.87. The molecule has 5 rings (SSSR count). The van der Waals surface area contributed by atoms with Gasteiger partial charge in [0, 0.05) is 5.02 Å². The van der Waals surface area contributed by atoms with Gasteiger partial charge in [-0.25, -0.2) is 9.96 Å². The number of fused-ring (bicyclic) bond motifs is 1. The lowest BCUT2D eigenvalue weighted by atomic mass is 9.90. The van der Waals surface area contributed by atoms with Crippen LogP contribution in [-0.4, -0.2) is 25.0 Å². The first kappa shape index (κ1) is 20.5. The van der Waals surface area contributed by atoms with Gasteiger partial charge >= 0.3 is 0 Å². The number of halogens is 1. The molecule has 3 aromatic carbocycles. The monoisotopic (exact) mass is 448 g/mol. The smallest absolute Gasteiger partial charge is 0.266 e. The molecule has 0 aliphatic carbocycles. The van der Waals surface area contributed by atoms with Crippen molar-refractivity contribution >= 4 is 34.8 Å². The van der Waals surface area contributed by atoms with Crippen LogP contribution >= 0.6 is 11.6 Å². The van der Waals surface area contributed by atoms with Crippen molar-refractivity contribution in [2.75, 3.05) is 17.1 Å². The highest BCUT2D eigenvalue weighted by Crippen LogP contribution is 2.47. The first-order chi connectivity index (χ1) is 15.5. The highest BCUT2D eigenvalue weighted by molar-refractivity contribution is 6.32. The van der Waals surface area contributed by atoms with E-state index in [4.69, 9.17) is 21.2 Å². The van der Waals surface area contributed by atoms with Crippen molar-refractivity contribution in [2.45, 2.75) is 19.1 Å². The number of nitrogens with zero attached hydrogens (tertiary/aromatic N) is 2. The molecule has 2 heterocycles. The van der Waals surface area contributed by atoms with E-state index >= 15 is 0 Å². The summed E-state index contributed by atoms with van der Waals surface area (Å²) in [5.41, 5.74) is 2.95. The molecule has 0 unspecified atom stereocenters. The summed E-state index contributed by atoms with van der Waals surface area (Å²) < 4.78 is 5.25. The zero-order valence-corrected chi connectivity index (χ0v) is 18.3. The third-order valence-corrected chi connectivity index (χ3v) is 6.40. The number of hydrogen-bond acceptors (Lipinski definition) is 5. The Kier molecular flexibility index (Phi) is 5.12. The number of carbonyl (C=O) groups is 2. The number of hydroxylamine groups is 1. The lowest BCUT2D eigenvalue weighted by Crippen LogP contribution is -2.37. The molecule has 3 atom stereocenters. The fourth-order valence-electron chi connectivity index (χ4n) is 4.33. The van der Waals surface area contributed by atoms with Crippen LogP contribution < -0.4 is 14.7 Å². The minimum Gasteiger partial charge on any atom is -0.497 e. The standard InChI is InChI=1S/C25H21ClN2O4/c1-15-8-9-18(14-20(15)26)27-24(29)21-22(16-6-4-3-5-7-16)28(32-23(21)25(27)30)17-10-12-19(31-2)13-11-17/h3-14,21-23H,1-2H3/t21-,22+,23-/m0/s1. The molecule has 2 aliphatic heterocycles. The van der Waals surface area contributed by atoms with E-state index in [9.17, 15) is 9.59 Å². The number of anilines is 2. The van der Waals surface area contributed by atoms with Crippen LogP contribution in [0.2, 0.25) is 5.02 Å². The molecular weight excluding hydrogens is 428 g/mol. The van der Waals surface area contributed by atoms with Crippen molar-refractivity contribution in [3.05, 3.63) is 88.9 Å². The molecule has 0 bridgehead atoms. The molecule has 7 heteroatoms. The SMILES string of the molecule is COc1ccc(N2O[C@@H]3C(=O)N(c4ccc(C)c(Cl)c4)C(=O)[C@H]3[C@H]2c2ccccc2)cc1. The molecular formula is C25H21ClN2O4. The average molecular weight is 449 g/mol. The fraction of sp³-hybridized carbons (Fsp3) is 0.200. The quantitative estimate of drug-likeness (QED) is 0.541. The fourth-order valence-corrected chi connectivity index (χ4v) is 4.51. The Morgan fingerprint density at radius 1 is 0.906 bits per heavy atom. The first-order valence-corrected chi connectivity index (χ1v) is 10.7. The van der Waals surface area contributed by atoms with Crippen LogP contribution in [0.4, 0.5) is 11.4 Å². The largest absolute Gasteiger partial charge is 0.497 e. The number of methoxy groups -OCH3 is 1. The Morgan fingerprint density at radius 3 is 2.25 bits per heavy atom. The molecule has 2 saturated heterocycles. The normalized spacial score (nSPS) is 22.4. The van der Waals surface area contributed by atoms with Crippen molar-refractivity contribution in [2.24, 2.45) is 5.92 Å². The van der Waals surface area contributed by atoms with Crippen molar-refractivity contribution in [1.29, 1.82) is 0 Å². The Balaban J connectivity index is 1.56. The maximum absolute atomic E-state index is 13.6. The van der Waals surface area contributed by atoms with Crippen LogP contribution in [0, 0.1) is 12.8 Å². The van der Waals surface area contributed by atoms with Gasteiger partial charge in [0.05, 0.1) is 24.5 Å². The number of imide groups is 1. The van der Waals surface area contributed by atoms with Gasteiger partial charge in [-0.3, -0.25) is 14.4 Å². The minimum atomic E-state index is -0.921. The van der Waals surface area contributed by atoms with Crippen molar-refractivity contribution in [1.82, 2.24) is 0 Å². The average Bonchev–Trinajstić information content (AvgIpc) is 3.32. The van der Waals surface area contributed by atoms with Gasteiger partial charge in [-0.1, -0.05) is 48.0 Å². The van der Waals surface area contributed by atoms with E-state index in [0.29, 0.717) is 16.5 Å². The summed E-state index contributed by atoms with van der Waals surface area (Å²) in [7, 11) is 1.60. The summed E-state index contributed by atoms with van der Waals surface area (Å²) >= 11 is 6.26. The molecule has 0 N–H and O–H groups in total. The molecule has 0 spiro atoms. The van der Waals surface area contributed by atoms with Gasteiger partial charge in [0.1, 0.15) is 11.7 Å². The summed E-state index contributed by atoms with van der Waals surface area (Å²) in [6, 6.07) is 21.7. The highest BCUT2D eigenvalue weighted by Gasteiger charge is 2.60. The summed E-state index contributed by atoms with van der Waals surface area (Å²) in [6.07, 6.45) is -0.921. The number of amides is 2. The van der Waals surface area contributed by atoms with Crippen LogP contribution in [0.5, 0.6) is 5.75 Å². The lowest BCUT2D eigenvalue weighted by Gasteiger charge is -2.29.